The maximum atomic E-state index is 13.2. The van der Waals surface area contributed by atoms with Gasteiger partial charge in [0.2, 0.25) is 11.8 Å². The summed E-state index contributed by atoms with van der Waals surface area (Å²) in [6.45, 7) is 2.86. The van der Waals surface area contributed by atoms with E-state index >= 15 is 0 Å². The number of hydrogen-bond acceptors (Lipinski definition) is 2. The average molecular weight is 348 g/mol. The Morgan fingerprint density at radius 1 is 1.04 bits per heavy atom. The molecule has 1 aliphatic heterocycles. The molecule has 1 heterocycles. The molecule has 2 amide bonds. The molecule has 0 saturated carbocycles. The van der Waals surface area contributed by atoms with Crippen LogP contribution in [0.3, 0.4) is 0 Å². The minimum Gasteiger partial charge on any atom is -0.337 e. The molecule has 0 unspecified atom stereocenters. The molecule has 4 rings (SSSR count). The van der Waals surface area contributed by atoms with E-state index in [1.165, 1.54) is 18.1 Å². The molecule has 134 valence electrons. The smallest absolute Gasteiger partial charge is 0.230 e. The van der Waals surface area contributed by atoms with Gasteiger partial charge in [0.1, 0.15) is 0 Å². The van der Waals surface area contributed by atoms with Crippen molar-refractivity contribution in [3.63, 3.8) is 0 Å². The lowest BCUT2D eigenvalue weighted by Gasteiger charge is -2.34. The van der Waals surface area contributed by atoms with Crippen LogP contribution < -0.4 is 5.32 Å². The third kappa shape index (κ3) is 3.12. The summed E-state index contributed by atoms with van der Waals surface area (Å²) >= 11 is 0. The fourth-order valence-electron chi connectivity index (χ4n) is 4.34. The van der Waals surface area contributed by atoms with E-state index in [1.807, 2.05) is 23.1 Å². The molecule has 0 spiro atoms. The third-order valence-corrected chi connectivity index (χ3v) is 5.56. The SMILES string of the molecule is CC(=O)Nc1cccc2c1CCN(C(=O)[C@@H]1CCCc3ccccc31)C2. The first kappa shape index (κ1) is 16.8. The van der Waals surface area contributed by atoms with Crippen LogP contribution in [-0.2, 0) is 29.0 Å². The van der Waals surface area contributed by atoms with Crippen LogP contribution in [0.4, 0.5) is 5.69 Å². The van der Waals surface area contributed by atoms with E-state index in [2.05, 4.69) is 29.6 Å². The summed E-state index contributed by atoms with van der Waals surface area (Å²) < 4.78 is 0. The number of hydrogen-bond donors (Lipinski definition) is 1. The van der Waals surface area contributed by atoms with Crippen LogP contribution in [0.2, 0.25) is 0 Å². The van der Waals surface area contributed by atoms with Crippen molar-refractivity contribution in [2.45, 2.75) is 45.1 Å². The zero-order chi connectivity index (χ0) is 18.1. The van der Waals surface area contributed by atoms with E-state index in [-0.39, 0.29) is 17.7 Å². The Labute approximate surface area is 154 Å². The average Bonchev–Trinajstić information content (AvgIpc) is 2.66. The molecule has 0 fully saturated rings. The first-order chi connectivity index (χ1) is 12.6. The number of nitrogens with zero attached hydrogens (tertiary/aromatic N) is 1. The number of carbonyl (C=O) groups excluding carboxylic acids is 2. The van der Waals surface area contributed by atoms with Crippen molar-refractivity contribution >= 4 is 17.5 Å². The van der Waals surface area contributed by atoms with Crippen LogP contribution in [0.15, 0.2) is 42.5 Å². The highest BCUT2D eigenvalue weighted by Crippen LogP contribution is 2.35. The van der Waals surface area contributed by atoms with Crippen molar-refractivity contribution in [2.75, 3.05) is 11.9 Å². The predicted molar refractivity (Wildman–Crippen MR) is 102 cm³/mol. The first-order valence-electron chi connectivity index (χ1n) is 9.38. The molecular weight excluding hydrogens is 324 g/mol. The van der Waals surface area contributed by atoms with Gasteiger partial charge in [-0.05, 0) is 54.0 Å². The van der Waals surface area contributed by atoms with Crippen LogP contribution in [-0.4, -0.2) is 23.3 Å². The molecule has 0 saturated heterocycles. The molecule has 4 heteroatoms. The predicted octanol–water partition coefficient (Wildman–Crippen LogP) is 3.65. The van der Waals surface area contributed by atoms with E-state index in [0.717, 1.165) is 42.5 Å². The van der Waals surface area contributed by atoms with Gasteiger partial charge in [0.05, 0.1) is 5.92 Å². The minimum absolute atomic E-state index is 0.0139. The topological polar surface area (TPSA) is 49.4 Å². The lowest BCUT2D eigenvalue weighted by Crippen LogP contribution is -2.40. The molecular formula is C22H24N2O2. The lowest BCUT2D eigenvalue weighted by molar-refractivity contribution is -0.134. The van der Waals surface area contributed by atoms with E-state index in [0.29, 0.717) is 13.1 Å². The second kappa shape index (κ2) is 6.94. The van der Waals surface area contributed by atoms with E-state index in [9.17, 15) is 9.59 Å². The number of rotatable bonds is 2. The van der Waals surface area contributed by atoms with Crippen molar-refractivity contribution in [2.24, 2.45) is 0 Å². The van der Waals surface area contributed by atoms with Crippen LogP contribution in [0.5, 0.6) is 0 Å². The molecule has 4 nitrogen and oxygen atoms in total. The monoisotopic (exact) mass is 348 g/mol. The number of anilines is 1. The molecule has 2 aliphatic rings. The molecule has 2 aromatic carbocycles. The van der Waals surface area contributed by atoms with Gasteiger partial charge in [0.25, 0.3) is 0 Å². The fraction of sp³-hybridized carbons (Fsp3) is 0.364. The van der Waals surface area contributed by atoms with Crippen LogP contribution in [0, 0.1) is 0 Å². The number of aryl methyl sites for hydroxylation is 1. The summed E-state index contributed by atoms with van der Waals surface area (Å²) in [6, 6.07) is 14.3. The highest BCUT2D eigenvalue weighted by molar-refractivity contribution is 5.90. The van der Waals surface area contributed by atoms with Gasteiger partial charge in [-0.15, -0.1) is 0 Å². The highest BCUT2D eigenvalue weighted by atomic mass is 16.2. The maximum Gasteiger partial charge on any atom is 0.230 e. The van der Waals surface area contributed by atoms with Crippen molar-refractivity contribution in [3.05, 3.63) is 64.7 Å². The van der Waals surface area contributed by atoms with Gasteiger partial charge in [0.15, 0.2) is 0 Å². The molecule has 1 aliphatic carbocycles. The Balaban J connectivity index is 1.56. The van der Waals surface area contributed by atoms with E-state index < -0.39 is 0 Å². The van der Waals surface area contributed by atoms with Crippen LogP contribution in [0.1, 0.15) is 47.9 Å². The molecule has 2 aromatic rings. The van der Waals surface area contributed by atoms with Gasteiger partial charge in [0, 0.05) is 25.7 Å². The molecule has 0 bridgehead atoms. The molecule has 0 aromatic heterocycles. The summed E-state index contributed by atoms with van der Waals surface area (Å²) in [5.74, 6) is 0.170. The van der Waals surface area contributed by atoms with Crippen LogP contribution >= 0.6 is 0 Å². The number of benzene rings is 2. The van der Waals surface area contributed by atoms with Gasteiger partial charge >= 0.3 is 0 Å². The summed E-state index contributed by atoms with van der Waals surface area (Å²) in [6.07, 6.45) is 3.87. The normalized spacial score (nSPS) is 18.7. The summed E-state index contributed by atoms with van der Waals surface area (Å²) in [4.78, 5) is 26.7. The van der Waals surface area contributed by atoms with Crippen molar-refractivity contribution in [1.29, 1.82) is 0 Å². The third-order valence-electron chi connectivity index (χ3n) is 5.56. The second-order valence-electron chi connectivity index (χ2n) is 7.28. The van der Waals surface area contributed by atoms with Gasteiger partial charge in [-0.3, -0.25) is 9.59 Å². The van der Waals surface area contributed by atoms with Gasteiger partial charge < -0.3 is 10.2 Å². The van der Waals surface area contributed by atoms with Gasteiger partial charge in [-0.2, -0.15) is 0 Å². The number of carbonyl (C=O) groups is 2. The first-order valence-corrected chi connectivity index (χ1v) is 9.38. The maximum absolute atomic E-state index is 13.2. The second-order valence-corrected chi connectivity index (χ2v) is 7.28. The van der Waals surface area contributed by atoms with Crippen molar-refractivity contribution in [3.8, 4) is 0 Å². The minimum atomic E-state index is -0.0595. The van der Waals surface area contributed by atoms with Crippen LogP contribution in [0.25, 0.3) is 0 Å². The number of nitrogens with one attached hydrogen (secondary N) is 1. The summed E-state index contributed by atoms with van der Waals surface area (Å²) in [5.41, 5.74) is 5.71. The quantitative estimate of drug-likeness (QED) is 0.901. The molecule has 1 atom stereocenters. The summed E-state index contributed by atoms with van der Waals surface area (Å²) in [5, 5.41) is 2.91. The number of fused-ring (bicyclic) bond motifs is 2. The molecule has 0 radical (unpaired) electrons. The molecule has 1 N–H and O–H groups in total. The van der Waals surface area contributed by atoms with Crippen molar-refractivity contribution in [1.82, 2.24) is 4.90 Å². The Hall–Kier alpha value is -2.62. The Bertz CT molecular complexity index is 859. The Morgan fingerprint density at radius 2 is 1.85 bits per heavy atom. The zero-order valence-corrected chi connectivity index (χ0v) is 15.1. The van der Waals surface area contributed by atoms with Crippen molar-refractivity contribution < 1.29 is 9.59 Å². The fourth-order valence-corrected chi connectivity index (χ4v) is 4.34. The Kier molecular flexibility index (Phi) is 4.49. The lowest BCUT2D eigenvalue weighted by atomic mass is 9.81. The Morgan fingerprint density at radius 3 is 2.69 bits per heavy atom. The highest BCUT2D eigenvalue weighted by Gasteiger charge is 2.31. The standard InChI is InChI=1S/C22H24N2O2/c1-15(25)23-21-11-5-8-17-14-24(13-12-19(17)21)22(26)20-10-4-7-16-6-2-3-9-18(16)20/h2-3,5-6,8-9,11,20H,4,7,10,12-14H2,1H3,(H,23,25)/t20-/m1/s1. The number of amides is 2. The molecule has 26 heavy (non-hydrogen) atoms. The summed E-state index contributed by atoms with van der Waals surface area (Å²) in [7, 11) is 0. The zero-order valence-electron chi connectivity index (χ0n) is 15.1. The van der Waals surface area contributed by atoms with E-state index in [4.69, 9.17) is 0 Å². The largest absolute Gasteiger partial charge is 0.337 e. The van der Waals surface area contributed by atoms with Gasteiger partial charge in [-0.25, -0.2) is 0 Å². The van der Waals surface area contributed by atoms with E-state index in [1.54, 1.807) is 0 Å². The van der Waals surface area contributed by atoms with Gasteiger partial charge in [-0.1, -0.05) is 36.4 Å².